The van der Waals surface area contributed by atoms with Gasteiger partial charge in [0.25, 0.3) is 5.91 Å². The molecule has 0 radical (unpaired) electrons. The second-order valence-corrected chi connectivity index (χ2v) is 10.7. The fourth-order valence-corrected chi connectivity index (χ4v) is 5.37. The van der Waals surface area contributed by atoms with Crippen molar-refractivity contribution >= 4 is 40.4 Å². The molecule has 2 unspecified atom stereocenters. The van der Waals surface area contributed by atoms with Gasteiger partial charge in [0.2, 0.25) is 5.91 Å². The highest BCUT2D eigenvalue weighted by Gasteiger charge is 2.40. The van der Waals surface area contributed by atoms with Crippen LogP contribution in [0.3, 0.4) is 0 Å². The van der Waals surface area contributed by atoms with Crippen molar-refractivity contribution in [3.63, 3.8) is 0 Å². The van der Waals surface area contributed by atoms with Crippen LogP contribution in [0.1, 0.15) is 71.7 Å². The van der Waals surface area contributed by atoms with Gasteiger partial charge in [-0.05, 0) is 44.4 Å². The van der Waals surface area contributed by atoms with Gasteiger partial charge in [-0.3, -0.25) is 14.6 Å². The lowest BCUT2D eigenvalue weighted by Crippen LogP contribution is -2.48. The third-order valence-electron chi connectivity index (χ3n) is 6.41. The normalized spacial score (nSPS) is 21.9. The summed E-state index contributed by atoms with van der Waals surface area (Å²) in [5.74, 6) is -0.139. The van der Waals surface area contributed by atoms with Gasteiger partial charge in [0.15, 0.2) is 0 Å². The molecule has 4 rings (SSSR count). The first-order chi connectivity index (χ1) is 15.8. The molecule has 6 nitrogen and oxygen atoms in total. The molecule has 0 spiro atoms. The molecule has 2 heterocycles. The van der Waals surface area contributed by atoms with Crippen LogP contribution >= 0.6 is 22.9 Å². The van der Waals surface area contributed by atoms with Gasteiger partial charge in [-0.15, -0.1) is 11.3 Å². The van der Waals surface area contributed by atoms with Gasteiger partial charge in [-0.2, -0.15) is 0 Å². The highest BCUT2D eigenvalue weighted by atomic mass is 35.5. The molecule has 0 saturated heterocycles. The van der Waals surface area contributed by atoms with Crippen LogP contribution in [0.4, 0.5) is 10.1 Å². The highest BCUT2D eigenvalue weighted by Crippen LogP contribution is 2.31. The van der Waals surface area contributed by atoms with E-state index in [1.165, 1.54) is 11.3 Å². The Kier molecular flexibility index (Phi) is 7.54. The van der Waals surface area contributed by atoms with Crippen LogP contribution in [-0.2, 0) is 4.79 Å². The number of anilines is 1. The fraction of sp³-hybridized carbons (Fsp3) is 0.542. The summed E-state index contributed by atoms with van der Waals surface area (Å²) < 4.78 is 13.3. The Morgan fingerprint density at radius 3 is 2.73 bits per heavy atom. The zero-order valence-electron chi connectivity index (χ0n) is 18.9. The number of thiophene rings is 1. The predicted molar refractivity (Wildman–Crippen MR) is 130 cm³/mol. The molecule has 3 N–H and O–H groups in total. The first kappa shape index (κ1) is 24.0. The molecule has 9 heteroatoms. The van der Waals surface area contributed by atoms with Crippen LogP contribution in [0.2, 0.25) is 5.02 Å². The number of carbonyl (C=O) groups excluding carboxylic acids is 2. The van der Waals surface area contributed by atoms with Crippen LogP contribution in [0, 0.1) is 12.8 Å². The van der Waals surface area contributed by atoms with Crippen LogP contribution in [0.25, 0.3) is 0 Å². The highest BCUT2D eigenvalue weighted by molar-refractivity contribution is 7.14. The van der Waals surface area contributed by atoms with Crippen molar-refractivity contribution in [1.29, 1.82) is 0 Å². The number of nitrogens with one attached hydrogen (secondary N) is 3. The van der Waals surface area contributed by atoms with Crippen molar-refractivity contribution in [2.24, 2.45) is 5.92 Å². The molecule has 0 aliphatic heterocycles. The number of amides is 2. The molecule has 0 aromatic carbocycles. The Hall–Kier alpha value is -2.19. The Labute approximate surface area is 202 Å². The number of nitrogens with zero attached hydrogens (tertiary/aromatic N) is 1. The lowest BCUT2D eigenvalue weighted by Gasteiger charge is -2.21. The van der Waals surface area contributed by atoms with E-state index in [-0.39, 0.29) is 17.9 Å². The molecule has 2 aliphatic carbocycles. The van der Waals surface area contributed by atoms with Crippen LogP contribution in [0.5, 0.6) is 0 Å². The second kappa shape index (κ2) is 10.4. The minimum atomic E-state index is -0.969. The molecular weight excluding hydrogens is 463 g/mol. The predicted octanol–water partition coefficient (Wildman–Crippen LogP) is 5.18. The van der Waals surface area contributed by atoms with E-state index < -0.39 is 18.3 Å². The van der Waals surface area contributed by atoms with Gasteiger partial charge in [-0.1, -0.05) is 37.3 Å². The first-order valence-electron chi connectivity index (χ1n) is 11.5. The van der Waals surface area contributed by atoms with E-state index in [1.807, 2.05) is 26.0 Å². The summed E-state index contributed by atoms with van der Waals surface area (Å²) in [4.78, 5) is 31.5. The Morgan fingerprint density at radius 1 is 1.30 bits per heavy atom. The molecule has 2 fully saturated rings. The summed E-state index contributed by atoms with van der Waals surface area (Å²) in [6.07, 6.45) is 6.04. The minimum absolute atomic E-state index is 0.0514. The molecule has 2 aliphatic rings. The Balaban J connectivity index is 1.40. The van der Waals surface area contributed by atoms with Crippen LogP contribution in [0.15, 0.2) is 24.4 Å². The Morgan fingerprint density at radius 2 is 2.03 bits per heavy atom. The quantitative estimate of drug-likeness (QED) is 0.450. The molecule has 33 heavy (non-hydrogen) atoms. The van der Waals surface area contributed by atoms with Crippen LogP contribution < -0.4 is 16.0 Å². The van der Waals surface area contributed by atoms with Gasteiger partial charge < -0.3 is 16.0 Å². The molecule has 4 atom stereocenters. The number of aryl methyl sites for hydroxylation is 1. The van der Waals surface area contributed by atoms with Crippen molar-refractivity contribution in [3.05, 3.63) is 44.9 Å². The van der Waals surface area contributed by atoms with E-state index in [0.717, 1.165) is 41.9 Å². The SMILES string of the molecule is Cc1ncc(Cl)cc1NC(C)c1ccc(C(=O)NC(CC2CCCC2)C(=O)N[C@@H]2C[C@@H]2F)s1. The van der Waals surface area contributed by atoms with Gasteiger partial charge >= 0.3 is 0 Å². The lowest BCUT2D eigenvalue weighted by atomic mass is 9.97. The summed E-state index contributed by atoms with van der Waals surface area (Å²) in [5.41, 5.74) is 1.68. The second-order valence-electron chi connectivity index (χ2n) is 9.13. The molecule has 2 saturated carbocycles. The third-order valence-corrected chi connectivity index (χ3v) is 7.88. The molecule has 0 bridgehead atoms. The number of aromatic nitrogens is 1. The molecular formula is C24H30ClFN4O2S. The van der Waals surface area contributed by atoms with Gasteiger partial charge in [0.05, 0.1) is 33.4 Å². The molecule has 2 amide bonds. The van der Waals surface area contributed by atoms with Crippen molar-refractivity contribution < 1.29 is 14.0 Å². The maximum absolute atomic E-state index is 13.3. The number of hydrogen-bond acceptors (Lipinski definition) is 5. The van der Waals surface area contributed by atoms with Gasteiger partial charge in [0.1, 0.15) is 12.2 Å². The molecule has 2 aromatic rings. The average molecular weight is 493 g/mol. The number of halogens is 2. The largest absolute Gasteiger partial charge is 0.376 e. The van der Waals surface area contributed by atoms with Crippen molar-refractivity contribution in [2.75, 3.05) is 5.32 Å². The summed E-state index contributed by atoms with van der Waals surface area (Å²) in [7, 11) is 0. The number of hydrogen-bond donors (Lipinski definition) is 3. The monoisotopic (exact) mass is 492 g/mol. The maximum Gasteiger partial charge on any atom is 0.262 e. The number of rotatable bonds is 9. The van der Waals surface area contributed by atoms with Crippen molar-refractivity contribution in [2.45, 2.75) is 76.7 Å². The zero-order valence-corrected chi connectivity index (χ0v) is 20.4. The van der Waals surface area contributed by atoms with E-state index >= 15 is 0 Å². The summed E-state index contributed by atoms with van der Waals surface area (Å²) >= 11 is 7.45. The molecule has 2 aromatic heterocycles. The fourth-order valence-electron chi connectivity index (χ4n) is 4.30. The van der Waals surface area contributed by atoms with E-state index in [2.05, 4.69) is 20.9 Å². The van der Waals surface area contributed by atoms with Crippen molar-refractivity contribution in [1.82, 2.24) is 15.6 Å². The molecule has 178 valence electrons. The lowest BCUT2D eigenvalue weighted by molar-refractivity contribution is -0.123. The van der Waals surface area contributed by atoms with Gasteiger partial charge in [-0.25, -0.2) is 4.39 Å². The van der Waals surface area contributed by atoms with Crippen LogP contribution in [-0.4, -0.2) is 35.1 Å². The standard InChI is InChI=1S/C24H30ClFN4O2S/c1-13-18(10-16(25)12-27-13)28-14(2)21-7-8-22(33-21)24(32)30-20(9-15-5-3-4-6-15)23(31)29-19-11-17(19)26/h7-8,10,12,14-15,17,19-20,28H,3-6,9,11H2,1-2H3,(H,29,31)(H,30,32)/t14?,17-,19+,20?/m0/s1. The minimum Gasteiger partial charge on any atom is -0.376 e. The third kappa shape index (κ3) is 6.23. The zero-order chi connectivity index (χ0) is 23.5. The number of pyridine rings is 1. The number of alkyl halides is 1. The average Bonchev–Trinajstić information content (AvgIpc) is 3.21. The summed E-state index contributed by atoms with van der Waals surface area (Å²) in [6.45, 7) is 3.91. The maximum atomic E-state index is 13.3. The van der Waals surface area contributed by atoms with E-state index in [9.17, 15) is 14.0 Å². The summed E-state index contributed by atoms with van der Waals surface area (Å²) in [6, 6.07) is 4.41. The smallest absolute Gasteiger partial charge is 0.262 e. The summed E-state index contributed by atoms with van der Waals surface area (Å²) in [5, 5.41) is 9.60. The first-order valence-corrected chi connectivity index (χ1v) is 12.7. The van der Waals surface area contributed by atoms with Crippen molar-refractivity contribution in [3.8, 4) is 0 Å². The topological polar surface area (TPSA) is 83.1 Å². The van der Waals surface area contributed by atoms with E-state index in [0.29, 0.717) is 28.7 Å². The number of carbonyl (C=O) groups is 2. The Bertz CT molecular complexity index is 1010. The van der Waals surface area contributed by atoms with E-state index in [1.54, 1.807) is 12.3 Å². The van der Waals surface area contributed by atoms with E-state index in [4.69, 9.17) is 11.6 Å². The van der Waals surface area contributed by atoms with Gasteiger partial charge in [0, 0.05) is 17.5 Å².